The molecule has 0 radical (unpaired) electrons. The van der Waals surface area contributed by atoms with Crippen molar-refractivity contribution in [2.75, 3.05) is 11.9 Å². The Kier molecular flexibility index (Phi) is 4.31. The van der Waals surface area contributed by atoms with Gasteiger partial charge in [-0.05, 0) is 13.3 Å². The van der Waals surface area contributed by atoms with Crippen LogP contribution in [0.3, 0.4) is 0 Å². The van der Waals surface area contributed by atoms with Crippen LogP contribution in [0.4, 0.5) is 11.6 Å². The fourth-order valence-corrected chi connectivity index (χ4v) is 1.66. The molecule has 0 aliphatic heterocycles. The van der Waals surface area contributed by atoms with Crippen molar-refractivity contribution < 1.29 is 9.66 Å². The second kappa shape index (κ2) is 6.16. The molecular weight excluding hydrogens is 276 g/mol. The molecule has 9 heteroatoms. The van der Waals surface area contributed by atoms with E-state index in [2.05, 4.69) is 20.4 Å². The van der Waals surface area contributed by atoms with Crippen molar-refractivity contribution in [3.8, 4) is 11.8 Å². The molecule has 0 saturated heterocycles. The topological polar surface area (TPSA) is 108 Å². The Morgan fingerprint density at radius 2 is 2.29 bits per heavy atom. The second-order valence-corrected chi connectivity index (χ2v) is 4.42. The first kappa shape index (κ1) is 14.7. The number of anilines is 1. The van der Waals surface area contributed by atoms with Crippen LogP contribution < -0.4 is 10.1 Å². The molecule has 0 bridgehead atoms. The summed E-state index contributed by atoms with van der Waals surface area (Å²) in [4.78, 5) is 18.4. The van der Waals surface area contributed by atoms with Crippen LogP contribution in [0.2, 0.25) is 0 Å². The van der Waals surface area contributed by atoms with Gasteiger partial charge in [-0.1, -0.05) is 6.92 Å². The van der Waals surface area contributed by atoms with Gasteiger partial charge in [0.25, 0.3) is 0 Å². The summed E-state index contributed by atoms with van der Waals surface area (Å²) in [5.41, 5.74) is 0.449. The third-order valence-electron chi connectivity index (χ3n) is 2.63. The third-order valence-corrected chi connectivity index (χ3v) is 2.63. The summed E-state index contributed by atoms with van der Waals surface area (Å²) in [5, 5.41) is 18.1. The normalized spacial score (nSPS) is 10.4. The number of nitrogens with zero attached hydrogens (tertiary/aromatic N) is 5. The zero-order valence-corrected chi connectivity index (χ0v) is 12.0. The summed E-state index contributed by atoms with van der Waals surface area (Å²) in [6.07, 6.45) is 2.01. The molecule has 0 atom stereocenters. The molecule has 0 aromatic carbocycles. The molecule has 0 aliphatic carbocycles. The maximum atomic E-state index is 11.0. The number of aryl methyl sites for hydroxylation is 2. The molecule has 0 aliphatic rings. The average molecular weight is 292 g/mol. The van der Waals surface area contributed by atoms with Gasteiger partial charge in [0, 0.05) is 19.7 Å². The van der Waals surface area contributed by atoms with E-state index in [-0.39, 0.29) is 17.5 Å². The van der Waals surface area contributed by atoms with Crippen molar-refractivity contribution in [3.63, 3.8) is 0 Å². The van der Waals surface area contributed by atoms with Gasteiger partial charge >= 0.3 is 11.6 Å². The lowest BCUT2D eigenvalue weighted by Crippen LogP contribution is -2.07. The summed E-state index contributed by atoms with van der Waals surface area (Å²) in [7, 11) is 1.69. The summed E-state index contributed by atoms with van der Waals surface area (Å²) < 4.78 is 7.00. The fourth-order valence-electron chi connectivity index (χ4n) is 1.66. The molecule has 112 valence electrons. The number of ether oxygens (including phenoxy) is 1. The second-order valence-electron chi connectivity index (χ2n) is 4.42. The zero-order valence-electron chi connectivity index (χ0n) is 12.0. The summed E-state index contributed by atoms with van der Waals surface area (Å²) in [5.74, 6) is 0.545. The van der Waals surface area contributed by atoms with Gasteiger partial charge in [-0.3, -0.25) is 10.1 Å². The number of nitrogens with one attached hydrogen (secondary N) is 1. The fraction of sp³-hybridized carbons (Fsp3) is 0.417. The maximum absolute atomic E-state index is 11.0. The van der Waals surface area contributed by atoms with Crippen LogP contribution in [-0.2, 0) is 7.05 Å². The Hall–Kier alpha value is -2.71. The van der Waals surface area contributed by atoms with Gasteiger partial charge < -0.3 is 10.1 Å². The van der Waals surface area contributed by atoms with Crippen LogP contribution >= 0.6 is 0 Å². The standard InChI is InChI=1S/C12H16N6O3/c1-4-5-13-12-14-7-9(18(19)20)11(15-12)21-10-6-8(2)16-17(10)3/h6-7H,4-5H2,1-3H3,(H,13,14,15). The molecule has 2 aromatic heterocycles. The highest BCUT2D eigenvalue weighted by atomic mass is 16.6. The van der Waals surface area contributed by atoms with Crippen molar-refractivity contribution >= 4 is 11.6 Å². The number of nitro groups is 1. The van der Waals surface area contributed by atoms with E-state index >= 15 is 0 Å². The van der Waals surface area contributed by atoms with E-state index in [1.54, 1.807) is 20.0 Å². The average Bonchev–Trinajstić information content (AvgIpc) is 2.74. The lowest BCUT2D eigenvalue weighted by atomic mass is 10.4. The lowest BCUT2D eigenvalue weighted by molar-refractivity contribution is -0.386. The summed E-state index contributed by atoms with van der Waals surface area (Å²) in [6.45, 7) is 4.46. The first-order valence-corrected chi connectivity index (χ1v) is 6.45. The van der Waals surface area contributed by atoms with Gasteiger partial charge in [-0.15, -0.1) is 0 Å². The van der Waals surface area contributed by atoms with Gasteiger partial charge in [-0.25, -0.2) is 9.67 Å². The van der Waals surface area contributed by atoms with Gasteiger partial charge in [0.1, 0.15) is 6.20 Å². The highest BCUT2D eigenvalue weighted by Gasteiger charge is 2.21. The molecular formula is C12H16N6O3. The molecule has 2 aromatic rings. The van der Waals surface area contributed by atoms with Gasteiger partial charge in [-0.2, -0.15) is 10.1 Å². The zero-order chi connectivity index (χ0) is 15.4. The van der Waals surface area contributed by atoms with Crippen LogP contribution in [-0.4, -0.2) is 31.2 Å². The van der Waals surface area contributed by atoms with Crippen molar-refractivity contribution in [2.45, 2.75) is 20.3 Å². The molecule has 2 heterocycles. The molecule has 0 amide bonds. The van der Waals surface area contributed by atoms with E-state index in [0.29, 0.717) is 12.4 Å². The Morgan fingerprint density at radius 1 is 1.52 bits per heavy atom. The van der Waals surface area contributed by atoms with E-state index in [9.17, 15) is 10.1 Å². The minimum absolute atomic E-state index is 0.114. The molecule has 0 fully saturated rings. The Balaban J connectivity index is 2.34. The first-order chi connectivity index (χ1) is 10.0. The Bertz CT molecular complexity index is 654. The van der Waals surface area contributed by atoms with E-state index < -0.39 is 4.92 Å². The number of aromatic nitrogens is 4. The number of hydrogen-bond donors (Lipinski definition) is 1. The number of hydrogen-bond acceptors (Lipinski definition) is 7. The summed E-state index contributed by atoms with van der Waals surface area (Å²) >= 11 is 0. The minimum atomic E-state index is -0.581. The predicted octanol–water partition coefficient (Wildman–Crippen LogP) is 2.04. The summed E-state index contributed by atoms with van der Waals surface area (Å²) in [6, 6.07) is 1.67. The quantitative estimate of drug-likeness (QED) is 0.641. The monoisotopic (exact) mass is 292 g/mol. The van der Waals surface area contributed by atoms with Crippen LogP contribution in [0.15, 0.2) is 12.3 Å². The Morgan fingerprint density at radius 3 is 2.86 bits per heavy atom. The van der Waals surface area contributed by atoms with Crippen molar-refractivity contribution in [1.29, 1.82) is 0 Å². The van der Waals surface area contributed by atoms with E-state index in [0.717, 1.165) is 18.3 Å². The largest absolute Gasteiger partial charge is 0.415 e. The van der Waals surface area contributed by atoms with E-state index in [1.807, 2.05) is 6.92 Å². The molecule has 1 N–H and O–H groups in total. The minimum Gasteiger partial charge on any atom is -0.415 e. The van der Waals surface area contributed by atoms with Crippen LogP contribution in [0.1, 0.15) is 19.0 Å². The molecule has 0 spiro atoms. The number of rotatable bonds is 6. The molecule has 0 unspecified atom stereocenters. The van der Waals surface area contributed by atoms with Crippen molar-refractivity contribution in [2.24, 2.45) is 7.05 Å². The van der Waals surface area contributed by atoms with Gasteiger partial charge in [0.2, 0.25) is 11.8 Å². The highest BCUT2D eigenvalue weighted by molar-refractivity contribution is 5.44. The van der Waals surface area contributed by atoms with Crippen LogP contribution in [0, 0.1) is 17.0 Å². The van der Waals surface area contributed by atoms with Crippen molar-refractivity contribution in [1.82, 2.24) is 19.7 Å². The predicted molar refractivity (Wildman–Crippen MR) is 75.5 cm³/mol. The van der Waals surface area contributed by atoms with Crippen LogP contribution in [0.5, 0.6) is 11.8 Å². The SMILES string of the molecule is CCCNc1ncc([N+](=O)[O-])c(Oc2cc(C)nn2C)n1. The van der Waals surface area contributed by atoms with Crippen LogP contribution in [0.25, 0.3) is 0 Å². The van der Waals surface area contributed by atoms with Gasteiger partial charge in [0.05, 0.1) is 10.6 Å². The maximum Gasteiger partial charge on any atom is 0.349 e. The smallest absolute Gasteiger partial charge is 0.349 e. The Labute approximate surface area is 121 Å². The van der Waals surface area contributed by atoms with E-state index in [4.69, 9.17) is 4.74 Å². The molecule has 0 saturated carbocycles. The highest BCUT2D eigenvalue weighted by Crippen LogP contribution is 2.29. The molecule has 9 nitrogen and oxygen atoms in total. The van der Waals surface area contributed by atoms with E-state index in [1.165, 1.54) is 4.68 Å². The third kappa shape index (κ3) is 3.44. The van der Waals surface area contributed by atoms with Crippen molar-refractivity contribution in [3.05, 3.63) is 28.1 Å². The molecule has 21 heavy (non-hydrogen) atoms. The molecule has 2 rings (SSSR count). The lowest BCUT2D eigenvalue weighted by Gasteiger charge is -2.07. The van der Waals surface area contributed by atoms with Gasteiger partial charge in [0.15, 0.2) is 0 Å². The first-order valence-electron chi connectivity index (χ1n) is 6.45.